The lowest BCUT2D eigenvalue weighted by Crippen LogP contribution is -2.16. The van der Waals surface area contributed by atoms with E-state index in [1.54, 1.807) is 18.2 Å². The predicted octanol–water partition coefficient (Wildman–Crippen LogP) is 2.52. The van der Waals surface area contributed by atoms with Gasteiger partial charge in [0.05, 0.1) is 23.8 Å². The van der Waals surface area contributed by atoms with Crippen LogP contribution in [0.15, 0.2) is 42.5 Å². The number of ether oxygens (including phenoxy) is 1. The second-order valence-electron chi connectivity index (χ2n) is 4.33. The molecule has 0 heterocycles. The van der Waals surface area contributed by atoms with Crippen LogP contribution in [0.5, 0.6) is 5.75 Å². The summed E-state index contributed by atoms with van der Waals surface area (Å²) in [5, 5.41) is 20.6. The second-order valence-corrected chi connectivity index (χ2v) is 4.33. The van der Waals surface area contributed by atoms with Crippen molar-refractivity contribution in [3.05, 3.63) is 59.2 Å². The number of hydrogen-bond donors (Lipinski definition) is 2. The summed E-state index contributed by atoms with van der Waals surface area (Å²) in [4.78, 5) is 23.3. The van der Waals surface area contributed by atoms with Gasteiger partial charge < -0.3 is 15.2 Å². The van der Waals surface area contributed by atoms with E-state index >= 15 is 0 Å². The first-order valence-corrected chi connectivity index (χ1v) is 6.28. The fraction of sp³-hybridized carbons (Fsp3) is 0.0625. The van der Waals surface area contributed by atoms with Crippen molar-refractivity contribution in [2.75, 3.05) is 12.4 Å². The number of nitrogens with one attached hydrogen (secondary N) is 1. The van der Waals surface area contributed by atoms with Crippen molar-refractivity contribution in [1.82, 2.24) is 0 Å². The highest BCUT2D eigenvalue weighted by atomic mass is 16.5. The van der Waals surface area contributed by atoms with Gasteiger partial charge in [-0.2, -0.15) is 5.26 Å². The molecular formula is C16H12N2O4. The van der Waals surface area contributed by atoms with Crippen molar-refractivity contribution in [3.63, 3.8) is 0 Å². The first-order chi connectivity index (χ1) is 10.6. The number of carbonyl (C=O) groups excluding carboxylic acids is 1. The Balaban J connectivity index is 2.30. The summed E-state index contributed by atoms with van der Waals surface area (Å²) >= 11 is 0. The molecule has 0 atom stereocenters. The van der Waals surface area contributed by atoms with Gasteiger partial charge in [-0.25, -0.2) is 4.79 Å². The Morgan fingerprint density at radius 3 is 2.45 bits per heavy atom. The van der Waals surface area contributed by atoms with Gasteiger partial charge in [-0.15, -0.1) is 0 Å². The van der Waals surface area contributed by atoms with Gasteiger partial charge in [0.2, 0.25) is 0 Å². The Morgan fingerprint density at radius 1 is 1.18 bits per heavy atom. The SMILES string of the molecule is COc1cc(NC(=O)c2ccccc2C(=O)O)ccc1C#N. The number of carboxylic acids is 1. The molecule has 0 bridgehead atoms. The summed E-state index contributed by atoms with van der Waals surface area (Å²) in [7, 11) is 1.42. The van der Waals surface area contributed by atoms with Gasteiger partial charge >= 0.3 is 5.97 Å². The number of benzene rings is 2. The third kappa shape index (κ3) is 3.04. The second kappa shape index (κ2) is 6.41. The van der Waals surface area contributed by atoms with Gasteiger partial charge in [-0.05, 0) is 24.3 Å². The van der Waals surface area contributed by atoms with E-state index in [1.807, 2.05) is 6.07 Å². The minimum absolute atomic E-state index is 0.0540. The summed E-state index contributed by atoms with van der Waals surface area (Å²) in [5.74, 6) is -1.40. The lowest BCUT2D eigenvalue weighted by Gasteiger charge is -2.09. The van der Waals surface area contributed by atoms with Gasteiger partial charge in [-0.3, -0.25) is 4.79 Å². The van der Waals surface area contributed by atoms with E-state index in [0.29, 0.717) is 17.0 Å². The largest absolute Gasteiger partial charge is 0.495 e. The first kappa shape index (κ1) is 15.1. The molecule has 110 valence electrons. The smallest absolute Gasteiger partial charge is 0.336 e. The first-order valence-electron chi connectivity index (χ1n) is 6.28. The van der Waals surface area contributed by atoms with E-state index in [1.165, 1.54) is 31.4 Å². The minimum atomic E-state index is -1.18. The molecule has 0 saturated heterocycles. The van der Waals surface area contributed by atoms with Crippen molar-refractivity contribution < 1.29 is 19.4 Å². The highest BCUT2D eigenvalue weighted by Crippen LogP contribution is 2.23. The molecule has 6 nitrogen and oxygen atoms in total. The van der Waals surface area contributed by atoms with Crippen molar-refractivity contribution in [1.29, 1.82) is 5.26 Å². The zero-order valence-electron chi connectivity index (χ0n) is 11.7. The van der Waals surface area contributed by atoms with Crippen LogP contribution in [0.25, 0.3) is 0 Å². The Hall–Kier alpha value is -3.33. The van der Waals surface area contributed by atoms with Crippen LogP contribution in [0.4, 0.5) is 5.69 Å². The fourth-order valence-electron chi connectivity index (χ4n) is 1.93. The van der Waals surface area contributed by atoms with Crippen LogP contribution in [0.1, 0.15) is 26.3 Å². The molecule has 0 spiro atoms. The average molecular weight is 296 g/mol. The summed E-state index contributed by atoms with van der Waals surface area (Å²) in [6.45, 7) is 0. The van der Waals surface area contributed by atoms with Crippen LogP contribution in [0, 0.1) is 11.3 Å². The van der Waals surface area contributed by atoms with Crippen molar-refractivity contribution in [2.45, 2.75) is 0 Å². The Kier molecular flexibility index (Phi) is 4.39. The van der Waals surface area contributed by atoms with Gasteiger partial charge in [-0.1, -0.05) is 12.1 Å². The topological polar surface area (TPSA) is 99.4 Å². The molecule has 22 heavy (non-hydrogen) atoms. The molecule has 2 N–H and O–H groups in total. The Morgan fingerprint density at radius 2 is 1.86 bits per heavy atom. The van der Waals surface area contributed by atoms with Crippen LogP contribution in [0.3, 0.4) is 0 Å². The number of aromatic carboxylic acids is 1. The molecule has 0 aliphatic carbocycles. The monoisotopic (exact) mass is 296 g/mol. The number of methoxy groups -OCH3 is 1. The highest BCUT2D eigenvalue weighted by Gasteiger charge is 2.16. The third-order valence-corrected chi connectivity index (χ3v) is 2.98. The van der Waals surface area contributed by atoms with Gasteiger partial charge in [0.1, 0.15) is 11.8 Å². The van der Waals surface area contributed by atoms with Crippen LogP contribution < -0.4 is 10.1 Å². The van der Waals surface area contributed by atoms with Crippen molar-refractivity contribution >= 4 is 17.6 Å². The number of nitrogens with zero attached hydrogens (tertiary/aromatic N) is 1. The summed E-state index contributed by atoms with van der Waals surface area (Å²) in [5.41, 5.74) is 0.714. The van der Waals surface area contributed by atoms with E-state index in [0.717, 1.165) is 0 Å². The van der Waals surface area contributed by atoms with E-state index in [9.17, 15) is 9.59 Å². The van der Waals surface area contributed by atoms with Gasteiger partial charge in [0, 0.05) is 11.8 Å². The molecule has 2 aromatic rings. The molecule has 0 radical (unpaired) electrons. The normalized spacial score (nSPS) is 9.64. The average Bonchev–Trinajstić information content (AvgIpc) is 2.54. The third-order valence-electron chi connectivity index (χ3n) is 2.98. The molecule has 2 rings (SSSR count). The Bertz CT molecular complexity index is 778. The predicted molar refractivity (Wildman–Crippen MR) is 79.1 cm³/mol. The lowest BCUT2D eigenvalue weighted by molar-refractivity contribution is 0.0692. The summed E-state index contributed by atoms with van der Waals surface area (Å²) < 4.78 is 5.06. The molecule has 0 aromatic heterocycles. The standard InChI is InChI=1S/C16H12N2O4/c1-22-14-8-11(7-6-10(14)9-17)18-15(19)12-4-2-3-5-13(12)16(20)21/h2-8H,1H3,(H,18,19)(H,20,21). The van der Waals surface area contributed by atoms with Gasteiger partial charge in [0.25, 0.3) is 5.91 Å². The number of anilines is 1. The molecule has 0 aliphatic rings. The van der Waals surface area contributed by atoms with Crippen LogP contribution in [-0.2, 0) is 0 Å². The fourth-order valence-corrected chi connectivity index (χ4v) is 1.93. The molecule has 0 aliphatic heterocycles. The maximum Gasteiger partial charge on any atom is 0.336 e. The van der Waals surface area contributed by atoms with E-state index in [-0.39, 0.29) is 11.1 Å². The Labute approximate surface area is 126 Å². The molecule has 0 fully saturated rings. The maximum atomic E-state index is 12.2. The van der Waals surface area contributed by atoms with Crippen LogP contribution in [0.2, 0.25) is 0 Å². The van der Waals surface area contributed by atoms with Crippen LogP contribution >= 0.6 is 0 Å². The minimum Gasteiger partial charge on any atom is -0.495 e. The summed E-state index contributed by atoms with van der Waals surface area (Å²) in [6, 6.07) is 12.4. The van der Waals surface area contributed by atoms with Crippen molar-refractivity contribution in [2.24, 2.45) is 0 Å². The zero-order valence-corrected chi connectivity index (χ0v) is 11.7. The molecule has 2 aromatic carbocycles. The number of rotatable bonds is 4. The van der Waals surface area contributed by atoms with Crippen LogP contribution in [-0.4, -0.2) is 24.1 Å². The maximum absolute atomic E-state index is 12.2. The number of hydrogen-bond acceptors (Lipinski definition) is 4. The lowest BCUT2D eigenvalue weighted by atomic mass is 10.1. The number of carbonyl (C=O) groups is 2. The van der Waals surface area contributed by atoms with E-state index in [2.05, 4.69) is 5.32 Å². The number of nitriles is 1. The molecule has 0 unspecified atom stereocenters. The molecule has 1 amide bonds. The summed E-state index contributed by atoms with van der Waals surface area (Å²) in [6.07, 6.45) is 0. The number of carboxylic acid groups (broad SMARTS) is 1. The van der Waals surface area contributed by atoms with E-state index in [4.69, 9.17) is 15.1 Å². The highest BCUT2D eigenvalue weighted by molar-refractivity contribution is 6.10. The molecule has 6 heteroatoms. The van der Waals surface area contributed by atoms with Gasteiger partial charge in [0.15, 0.2) is 0 Å². The molecular weight excluding hydrogens is 284 g/mol. The van der Waals surface area contributed by atoms with E-state index < -0.39 is 11.9 Å². The quantitative estimate of drug-likeness (QED) is 0.903. The zero-order chi connectivity index (χ0) is 16.1. The van der Waals surface area contributed by atoms with Crippen molar-refractivity contribution in [3.8, 4) is 11.8 Å². The number of amides is 1. The molecule has 0 saturated carbocycles.